The first-order valence-electron chi connectivity index (χ1n) is 5.30. The molecular formula is C13H13NO2. The number of Topliss-reactive ketones (excluding diaryl/α,β-unsaturated/α-hetero) is 1. The van der Waals surface area contributed by atoms with Gasteiger partial charge >= 0.3 is 0 Å². The van der Waals surface area contributed by atoms with Crippen molar-refractivity contribution in [2.24, 2.45) is 0 Å². The topological polar surface area (TPSA) is 29.5 Å². The highest BCUT2D eigenvalue weighted by Gasteiger charge is 2.06. The van der Waals surface area contributed by atoms with Crippen LogP contribution < -0.4 is 0 Å². The minimum absolute atomic E-state index is 0.132. The molecule has 1 aromatic rings. The molecule has 0 spiro atoms. The number of carbonyl (C=O) groups is 1. The summed E-state index contributed by atoms with van der Waals surface area (Å²) in [6.45, 7) is 2.92. The van der Waals surface area contributed by atoms with Gasteiger partial charge in [-0.1, -0.05) is 30.3 Å². The molecule has 0 aliphatic carbocycles. The maximum Gasteiger partial charge on any atom is 0.237 e. The summed E-state index contributed by atoms with van der Waals surface area (Å²) in [5.41, 5.74) is 0.642. The maximum atomic E-state index is 11.7. The van der Waals surface area contributed by atoms with Crippen molar-refractivity contribution in [3.8, 4) is 12.0 Å². The molecule has 82 valence electrons. The van der Waals surface area contributed by atoms with E-state index >= 15 is 0 Å². The molecule has 0 saturated carbocycles. The van der Waals surface area contributed by atoms with Crippen LogP contribution >= 0.6 is 0 Å². The molecule has 0 unspecified atom stereocenters. The molecular weight excluding hydrogens is 202 g/mol. The highest BCUT2D eigenvalue weighted by atomic mass is 16.5. The highest BCUT2D eigenvalue weighted by molar-refractivity contribution is 6.08. The van der Waals surface area contributed by atoms with Gasteiger partial charge < -0.3 is 9.64 Å². The van der Waals surface area contributed by atoms with Crippen LogP contribution in [0.1, 0.15) is 10.4 Å². The Morgan fingerprint density at radius 1 is 1.19 bits per heavy atom. The van der Waals surface area contributed by atoms with E-state index in [1.165, 1.54) is 0 Å². The number of benzene rings is 1. The van der Waals surface area contributed by atoms with Crippen LogP contribution in [0.25, 0.3) is 0 Å². The maximum absolute atomic E-state index is 11.7. The Morgan fingerprint density at radius 3 is 2.56 bits per heavy atom. The lowest BCUT2D eigenvalue weighted by molar-refractivity contribution is 0.0637. The third-order valence-corrected chi connectivity index (χ3v) is 2.37. The number of ether oxygens (including phenoxy) is 1. The van der Waals surface area contributed by atoms with Crippen molar-refractivity contribution in [1.82, 2.24) is 4.90 Å². The molecule has 0 atom stereocenters. The van der Waals surface area contributed by atoms with Crippen LogP contribution in [0, 0.1) is 12.0 Å². The molecule has 1 aromatic carbocycles. The summed E-state index contributed by atoms with van der Waals surface area (Å²) in [4.78, 5) is 13.6. The van der Waals surface area contributed by atoms with Gasteiger partial charge in [0.1, 0.15) is 0 Å². The van der Waals surface area contributed by atoms with Gasteiger partial charge in [0.05, 0.1) is 13.2 Å². The van der Waals surface area contributed by atoms with E-state index in [1.54, 1.807) is 12.1 Å². The Morgan fingerprint density at radius 2 is 1.88 bits per heavy atom. The third kappa shape index (κ3) is 2.85. The van der Waals surface area contributed by atoms with E-state index in [-0.39, 0.29) is 5.78 Å². The number of morpholine rings is 1. The Balaban J connectivity index is 1.99. The summed E-state index contributed by atoms with van der Waals surface area (Å²) >= 11 is 0. The Bertz CT molecular complexity index is 411. The van der Waals surface area contributed by atoms with Gasteiger partial charge in [0, 0.05) is 24.7 Å². The molecule has 1 heterocycles. The standard InChI is InChI=1S/C13H13NO2/c15-13(12-4-2-1-3-5-12)6-7-14-8-10-16-11-9-14/h1-5H,8-11H2. The monoisotopic (exact) mass is 215 g/mol. The Hall–Kier alpha value is -1.79. The second-order valence-electron chi connectivity index (χ2n) is 3.53. The zero-order chi connectivity index (χ0) is 11.2. The van der Waals surface area contributed by atoms with Crippen molar-refractivity contribution >= 4 is 5.78 Å². The van der Waals surface area contributed by atoms with Crippen molar-refractivity contribution in [1.29, 1.82) is 0 Å². The molecule has 0 radical (unpaired) electrons. The SMILES string of the molecule is O=C(C#CN1CCOCC1)c1ccccc1. The summed E-state index contributed by atoms with van der Waals surface area (Å²) in [5, 5.41) is 0. The van der Waals surface area contributed by atoms with Crippen LogP contribution in [0.2, 0.25) is 0 Å². The molecule has 1 fully saturated rings. The molecule has 1 aliphatic rings. The predicted molar refractivity (Wildman–Crippen MR) is 60.9 cm³/mol. The molecule has 1 saturated heterocycles. The second-order valence-corrected chi connectivity index (χ2v) is 3.53. The van der Waals surface area contributed by atoms with Crippen LogP contribution in [0.5, 0.6) is 0 Å². The molecule has 0 amide bonds. The van der Waals surface area contributed by atoms with Gasteiger partial charge in [0.15, 0.2) is 0 Å². The fourth-order valence-corrected chi connectivity index (χ4v) is 1.47. The third-order valence-electron chi connectivity index (χ3n) is 2.37. The minimum Gasteiger partial charge on any atom is -0.378 e. The molecule has 3 heteroatoms. The smallest absolute Gasteiger partial charge is 0.237 e. The lowest BCUT2D eigenvalue weighted by Gasteiger charge is -2.22. The summed E-state index contributed by atoms with van der Waals surface area (Å²) < 4.78 is 5.20. The van der Waals surface area contributed by atoms with E-state index in [1.807, 2.05) is 23.1 Å². The quantitative estimate of drug-likeness (QED) is 0.520. The number of hydrogen-bond donors (Lipinski definition) is 0. The van der Waals surface area contributed by atoms with Crippen LogP contribution in [-0.4, -0.2) is 37.0 Å². The van der Waals surface area contributed by atoms with E-state index in [9.17, 15) is 4.79 Å². The molecule has 3 nitrogen and oxygen atoms in total. The zero-order valence-electron chi connectivity index (χ0n) is 8.98. The average Bonchev–Trinajstić information content (AvgIpc) is 2.38. The van der Waals surface area contributed by atoms with Gasteiger partial charge in [-0.05, 0) is 5.92 Å². The van der Waals surface area contributed by atoms with Crippen molar-refractivity contribution in [2.75, 3.05) is 26.3 Å². The Labute approximate surface area is 95.0 Å². The molecule has 2 rings (SSSR count). The van der Waals surface area contributed by atoms with E-state index < -0.39 is 0 Å². The molecule has 0 bridgehead atoms. The fraction of sp³-hybridized carbons (Fsp3) is 0.308. The highest BCUT2D eigenvalue weighted by Crippen LogP contribution is 1.99. The molecule has 16 heavy (non-hydrogen) atoms. The molecule has 0 aromatic heterocycles. The van der Waals surface area contributed by atoms with E-state index in [4.69, 9.17) is 4.74 Å². The normalized spacial score (nSPS) is 15.1. The van der Waals surface area contributed by atoms with Gasteiger partial charge in [-0.2, -0.15) is 0 Å². The largest absolute Gasteiger partial charge is 0.378 e. The fourth-order valence-electron chi connectivity index (χ4n) is 1.47. The van der Waals surface area contributed by atoms with Crippen molar-refractivity contribution in [3.63, 3.8) is 0 Å². The van der Waals surface area contributed by atoms with Gasteiger partial charge in [-0.3, -0.25) is 4.79 Å². The Kier molecular flexibility index (Phi) is 3.58. The number of ketones is 1. The van der Waals surface area contributed by atoms with Gasteiger partial charge in [-0.15, -0.1) is 0 Å². The van der Waals surface area contributed by atoms with Crippen molar-refractivity contribution < 1.29 is 9.53 Å². The number of nitrogens with zero attached hydrogens (tertiary/aromatic N) is 1. The predicted octanol–water partition coefficient (Wildman–Crippen LogP) is 1.16. The number of carbonyl (C=O) groups excluding carboxylic acids is 1. The van der Waals surface area contributed by atoms with Crippen LogP contribution in [0.15, 0.2) is 30.3 Å². The lowest BCUT2D eigenvalue weighted by atomic mass is 10.1. The first kappa shape index (κ1) is 10.7. The van der Waals surface area contributed by atoms with Gasteiger partial charge in [0.2, 0.25) is 5.78 Å². The number of hydrogen-bond acceptors (Lipinski definition) is 3. The van der Waals surface area contributed by atoms with Crippen molar-refractivity contribution in [2.45, 2.75) is 0 Å². The summed E-state index contributed by atoms with van der Waals surface area (Å²) in [6, 6.07) is 12.0. The zero-order valence-corrected chi connectivity index (χ0v) is 8.98. The number of rotatable bonds is 1. The minimum atomic E-state index is -0.132. The van der Waals surface area contributed by atoms with Crippen LogP contribution in [0.4, 0.5) is 0 Å². The van der Waals surface area contributed by atoms with E-state index in [0.29, 0.717) is 18.8 Å². The van der Waals surface area contributed by atoms with Crippen LogP contribution in [-0.2, 0) is 4.74 Å². The first-order valence-corrected chi connectivity index (χ1v) is 5.30. The van der Waals surface area contributed by atoms with Gasteiger partial charge in [0.25, 0.3) is 0 Å². The average molecular weight is 215 g/mol. The summed E-state index contributed by atoms with van der Waals surface area (Å²) in [6.07, 6.45) is 0. The molecule has 0 N–H and O–H groups in total. The lowest BCUT2D eigenvalue weighted by Crippen LogP contribution is -2.32. The van der Waals surface area contributed by atoms with Crippen molar-refractivity contribution in [3.05, 3.63) is 35.9 Å². The summed E-state index contributed by atoms with van der Waals surface area (Å²) in [7, 11) is 0. The van der Waals surface area contributed by atoms with Crippen LogP contribution in [0.3, 0.4) is 0 Å². The molecule has 1 aliphatic heterocycles. The van der Waals surface area contributed by atoms with E-state index in [0.717, 1.165) is 13.1 Å². The first-order chi connectivity index (χ1) is 7.86. The summed E-state index contributed by atoms with van der Waals surface area (Å²) in [5.74, 6) is 2.52. The second kappa shape index (κ2) is 5.34. The van der Waals surface area contributed by atoms with E-state index in [2.05, 4.69) is 12.0 Å². The van der Waals surface area contributed by atoms with Gasteiger partial charge in [-0.25, -0.2) is 0 Å².